The van der Waals surface area contributed by atoms with Crippen LogP contribution >= 0.6 is 0 Å². The number of ether oxygens (including phenoxy) is 1. The van der Waals surface area contributed by atoms with Crippen LogP contribution in [0.3, 0.4) is 0 Å². The Morgan fingerprint density at radius 3 is 2.33 bits per heavy atom. The number of anilines is 2. The maximum absolute atomic E-state index is 12.0. The van der Waals surface area contributed by atoms with Gasteiger partial charge in [0.2, 0.25) is 5.91 Å². The Kier molecular flexibility index (Phi) is 5.05. The summed E-state index contributed by atoms with van der Waals surface area (Å²) in [5.74, 6) is -2.07. The normalized spacial score (nSPS) is 11.4. The van der Waals surface area contributed by atoms with E-state index < -0.39 is 23.9 Å². The van der Waals surface area contributed by atoms with E-state index in [1.807, 2.05) is 0 Å². The molecule has 2 aromatic rings. The number of nitrogens with one attached hydrogen (secondary N) is 1. The number of carbonyl (C=O) groups excluding carboxylic acids is 3. The van der Waals surface area contributed by atoms with Crippen LogP contribution in [0.4, 0.5) is 11.5 Å². The van der Waals surface area contributed by atoms with Crippen LogP contribution in [-0.2, 0) is 9.53 Å². The fourth-order valence-corrected chi connectivity index (χ4v) is 1.74. The molecule has 0 bridgehead atoms. The maximum atomic E-state index is 12.0. The molecule has 1 aromatic heterocycles. The number of nitrogen functional groups attached to an aromatic ring is 1. The minimum atomic E-state index is -1.09. The lowest BCUT2D eigenvalue weighted by molar-refractivity contribution is -0.123. The Morgan fingerprint density at radius 2 is 1.75 bits per heavy atom. The van der Waals surface area contributed by atoms with Crippen LogP contribution in [-0.4, -0.2) is 33.9 Å². The Bertz CT molecular complexity index is 776. The molecule has 5 N–H and O–H groups in total. The second-order valence-corrected chi connectivity index (χ2v) is 4.77. The number of nitrogens with two attached hydrogens (primary N) is 2. The fourth-order valence-electron chi connectivity index (χ4n) is 1.74. The summed E-state index contributed by atoms with van der Waals surface area (Å²) in [7, 11) is 0. The molecule has 1 aromatic carbocycles. The van der Waals surface area contributed by atoms with Gasteiger partial charge in [0, 0.05) is 23.6 Å². The molecule has 9 heteroatoms. The Balaban J connectivity index is 1.98. The number of carbonyl (C=O) groups is 3. The SMILES string of the molecule is C[C@H](OC(=O)c1nccnc1N)C(=O)Nc1ccc(C(N)=O)cc1. The first-order chi connectivity index (χ1) is 11.4. The summed E-state index contributed by atoms with van der Waals surface area (Å²) in [5.41, 5.74) is 11.2. The van der Waals surface area contributed by atoms with Crippen molar-refractivity contribution in [2.75, 3.05) is 11.1 Å². The van der Waals surface area contributed by atoms with Crippen molar-refractivity contribution in [1.29, 1.82) is 0 Å². The van der Waals surface area contributed by atoms with Crippen molar-refractivity contribution in [1.82, 2.24) is 9.97 Å². The zero-order valence-electron chi connectivity index (χ0n) is 12.7. The maximum Gasteiger partial charge on any atom is 0.361 e. The highest BCUT2D eigenvalue weighted by Crippen LogP contribution is 2.11. The second kappa shape index (κ2) is 7.18. The minimum absolute atomic E-state index is 0.0860. The van der Waals surface area contributed by atoms with E-state index >= 15 is 0 Å². The Labute approximate surface area is 137 Å². The molecule has 0 radical (unpaired) electrons. The van der Waals surface area contributed by atoms with Gasteiger partial charge >= 0.3 is 5.97 Å². The molecule has 0 saturated heterocycles. The molecule has 9 nitrogen and oxygen atoms in total. The molecule has 0 spiro atoms. The van der Waals surface area contributed by atoms with Crippen molar-refractivity contribution in [3.63, 3.8) is 0 Å². The molecule has 2 rings (SSSR count). The van der Waals surface area contributed by atoms with Crippen molar-refractivity contribution >= 4 is 29.3 Å². The van der Waals surface area contributed by atoms with Crippen molar-refractivity contribution in [2.24, 2.45) is 5.73 Å². The van der Waals surface area contributed by atoms with E-state index in [9.17, 15) is 14.4 Å². The zero-order valence-corrected chi connectivity index (χ0v) is 12.7. The van der Waals surface area contributed by atoms with Crippen LogP contribution in [0.2, 0.25) is 0 Å². The van der Waals surface area contributed by atoms with Crippen LogP contribution in [0.5, 0.6) is 0 Å². The molecule has 124 valence electrons. The lowest BCUT2D eigenvalue weighted by atomic mass is 10.2. The molecule has 24 heavy (non-hydrogen) atoms. The molecular formula is C15H15N5O4. The van der Waals surface area contributed by atoms with Crippen LogP contribution in [0.1, 0.15) is 27.8 Å². The van der Waals surface area contributed by atoms with E-state index in [2.05, 4.69) is 15.3 Å². The monoisotopic (exact) mass is 329 g/mol. The van der Waals surface area contributed by atoms with Gasteiger partial charge in [-0.2, -0.15) is 0 Å². The number of primary amides is 1. The van der Waals surface area contributed by atoms with Gasteiger partial charge in [0.05, 0.1) is 0 Å². The van der Waals surface area contributed by atoms with Gasteiger partial charge in [-0.05, 0) is 31.2 Å². The Hall–Kier alpha value is -3.49. The van der Waals surface area contributed by atoms with Crippen LogP contribution in [0.15, 0.2) is 36.7 Å². The highest BCUT2D eigenvalue weighted by Gasteiger charge is 2.21. The number of nitrogens with zero attached hydrogens (tertiary/aromatic N) is 2. The smallest absolute Gasteiger partial charge is 0.361 e. The first kappa shape index (κ1) is 16.9. The number of esters is 1. The molecule has 2 amide bonds. The van der Waals surface area contributed by atoms with Crippen molar-refractivity contribution in [3.05, 3.63) is 47.9 Å². The average Bonchev–Trinajstić information content (AvgIpc) is 2.55. The highest BCUT2D eigenvalue weighted by atomic mass is 16.5. The topological polar surface area (TPSA) is 150 Å². The zero-order chi connectivity index (χ0) is 17.7. The average molecular weight is 329 g/mol. The largest absolute Gasteiger partial charge is 0.448 e. The van der Waals surface area contributed by atoms with Gasteiger partial charge in [0.15, 0.2) is 17.6 Å². The summed E-state index contributed by atoms with van der Waals surface area (Å²) in [4.78, 5) is 42.4. The molecule has 0 aliphatic carbocycles. The van der Waals surface area contributed by atoms with Crippen LogP contribution in [0.25, 0.3) is 0 Å². The molecule has 0 saturated carbocycles. The summed E-state index contributed by atoms with van der Waals surface area (Å²) in [6.45, 7) is 1.40. The van der Waals surface area contributed by atoms with Crippen LogP contribution < -0.4 is 16.8 Å². The third kappa shape index (κ3) is 4.03. The predicted molar refractivity (Wildman–Crippen MR) is 84.9 cm³/mol. The molecular weight excluding hydrogens is 314 g/mol. The number of benzene rings is 1. The summed E-state index contributed by atoms with van der Waals surface area (Å²) in [6, 6.07) is 5.95. The number of aromatic nitrogens is 2. The minimum Gasteiger partial charge on any atom is -0.448 e. The van der Waals surface area contributed by atoms with Gasteiger partial charge in [0.25, 0.3) is 5.91 Å². The van der Waals surface area contributed by atoms with Crippen molar-refractivity contribution in [2.45, 2.75) is 13.0 Å². The van der Waals surface area contributed by atoms with Gasteiger partial charge in [-0.3, -0.25) is 9.59 Å². The lowest BCUT2D eigenvalue weighted by Gasteiger charge is -2.13. The van der Waals surface area contributed by atoms with Gasteiger partial charge in [-0.15, -0.1) is 0 Å². The number of amides is 2. The predicted octanol–water partition coefficient (Wildman–Crippen LogP) is 0.342. The quantitative estimate of drug-likeness (QED) is 0.669. The van der Waals surface area contributed by atoms with Crippen molar-refractivity contribution < 1.29 is 19.1 Å². The molecule has 1 atom stereocenters. The van der Waals surface area contributed by atoms with Gasteiger partial charge < -0.3 is 21.5 Å². The molecule has 1 heterocycles. The number of rotatable bonds is 5. The molecule has 0 fully saturated rings. The van der Waals surface area contributed by atoms with E-state index in [-0.39, 0.29) is 11.5 Å². The summed E-state index contributed by atoms with van der Waals surface area (Å²) in [6.07, 6.45) is 1.53. The highest BCUT2D eigenvalue weighted by molar-refractivity contribution is 5.98. The summed E-state index contributed by atoms with van der Waals surface area (Å²) < 4.78 is 5.01. The van der Waals surface area contributed by atoms with E-state index in [1.165, 1.54) is 43.6 Å². The number of hydrogen-bond donors (Lipinski definition) is 3. The summed E-state index contributed by atoms with van der Waals surface area (Å²) >= 11 is 0. The van der Waals surface area contributed by atoms with E-state index in [1.54, 1.807) is 0 Å². The molecule has 0 aliphatic heterocycles. The van der Waals surface area contributed by atoms with Gasteiger partial charge in [-0.25, -0.2) is 14.8 Å². The summed E-state index contributed by atoms with van der Waals surface area (Å²) in [5, 5.41) is 2.54. The van der Waals surface area contributed by atoms with E-state index in [0.717, 1.165) is 0 Å². The first-order valence-electron chi connectivity index (χ1n) is 6.86. The molecule has 0 aliphatic rings. The first-order valence-corrected chi connectivity index (χ1v) is 6.86. The van der Waals surface area contributed by atoms with E-state index in [0.29, 0.717) is 11.3 Å². The van der Waals surface area contributed by atoms with E-state index in [4.69, 9.17) is 16.2 Å². The fraction of sp³-hybridized carbons (Fsp3) is 0.133. The van der Waals surface area contributed by atoms with Crippen molar-refractivity contribution in [3.8, 4) is 0 Å². The third-order valence-electron chi connectivity index (χ3n) is 3.01. The lowest BCUT2D eigenvalue weighted by Crippen LogP contribution is -2.30. The Morgan fingerprint density at radius 1 is 1.12 bits per heavy atom. The van der Waals surface area contributed by atoms with Gasteiger partial charge in [0.1, 0.15) is 0 Å². The van der Waals surface area contributed by atoms with Gasteiger partial charge in [-0.1, -0.05) is 0 Å². The van der Waals surface area contributed by atoms with Crippen LogP contribution in [0, 0.1) is 0 Å². The number of hydrogen-bond acceptors (Lipinski definition) is 7. The molecule has 0 unspecified atom stereocenters. The third-order valence-corrected chi connectivity index (χ3v) is 3.01. The second-order valence-electron chi connectivity index (χ2n) is 4.77. The standard InChI is InChI=1S/C15H15N5O4/c1-8(24-15(23)11-12(16)19-7-6-18-11)14(22)20-10-4-2-9(3-5-10)13(17)21/h2-8H,1H3,(H2,16,19)(H2,17,21)(H,20,22)/t8-/m0/s1.